The van der Waals surface area contributed by atoms with Crippen molar-refractivity contribution >= 4 is 23.3 Å². The Morgan fingerprint density at radius 1 is 1.00 bits per heavy atom. The van der Waals surface area contributed by atoms with E-state index in [0.29, 0.717) is 28.4 Å². The molecule has 1 aromatic heterocycles. The summed E-state index contributed by atoms with van der Waals surface area (Å²) in [7, 11) is 1.54. The lowest BCUT2D eigenvalue weighted by molar-refractivity contribution is -0.132. The van der Waals surface area contributed by atoms with Gasteiger partial charge in [0, 0.05) is 11.8 Å². The predicted octanol–water partition coefficient (Wildman–Crippen LogP) is 4.50. The molecule has 0 aliphatic carbocycles. The molecule has 1 amide bonds. The third-order valence-corrected chi connectivity index (χ3v) is 5.25. The van der Waals surface area contributed by atoms with Crippen LogP contribution in [0, 0.1) is 0 Å². The van der Waals surface area contributed by atoms with Crippen LogP contribution in [0.25, 0.3) is 5.76 Å². The van der Waals surface area contributed by atoms with E-state index in [0.717, 1.165) is 0 Å². The second-order valence-corrected chi connectivity index (χ2v) is 7.82. The van der Waals surface area contributed by atoms with Crippen molar-refractivity contribution in [1.29, 1.82) is 0 Å². The van der Waals surface area contributed by atoms with Gasteiger partial charge >= 0.3 is 5.91 Å². The molecular weight excluding hydrogens is 420 g/mol. The lowest BCUT2D eigenvalue weighted by Gasteiger charge is -2.24. The first-order valence-corrected chi connectivity index (χ1v) is 10.5. The topological polar surface area (TPSA) is 89.0 Å². The molecule has 1 aliphatic heterocycles. The summed E-state index contributed by atoms with van der Waals surface area (Å²) in [5, 5.41) is 11.2. The van der Waals surface area contributed by atoms with E-state index in [1.807, 2.05) is 13.8 Å². The van der Waals surface area contributed by atoms with Crippen molar-refractivity contribution in [2.24, 2.45) is 0 Å². The molecule has 3 aromatic rings. The maximum absolute atomic E-state index is 13.2. The largest absolute Gasteiger partial charge is 0.507 e. The minimum Gasteiger partial charge on any atom is -0.507 e. The minimum atomic E-state index is -0.874. The molecule has 168 valence electrons. The molecule has 1 unspecified atom stereocenters. The highest BCUT2D eigenvalue weighted by molar-refractivity contribution is 6.51. The van der Waals surface area contributed by atoms with Crippen LogP contribution in [0.4, 0.5) is 5.82 Å². The number of nitrogens with zero attached hydrogens (tertiary/aromatic N) is 2. The number of methoxy groups -OCH3 is 1. The van der Waals surface area contributed by atoms with Gasteiger partial charge in [-0.1, -0.05) is 18.2 Å². The number of rotatable bonds is 6. The fraction of sp³-hybridized carbons (Fsp3) is 0.192. The third-order valence-electron chi connectivity index (χ3n) is 5.25. The number of ketones is 1. The molecule has 2 aromatic carbocycles. The highest BCUT2D eigenvalue weighted by Gasteiger charge is 2.47. The smallest absolute Gasteiger partial charge is 0.301 e. The summed E-state index contributed by atoms with van der Waals surface area (Å²) in [6, 6.07) is 18.0. The molecule has 1 N–H and O–H groups in total. The molecular formula is C26H24N2O5. The number of hydrogen-bond donors (Lipinski definition) is 1. The first kappa shape index (κ1) is 22.1. The number of aliphatic hydroxyl groups excluding tert-OH is 1. The number of aliphatic hydroxyl groups is 1. The van der Waals surface area contributed by atoms with Crippen LogP contribution in [0.15, 0.2) is 78.5 Å². The first-order chi connectivity index (χ1) is 15.9. The Labute approximate surface area is 191 Å². The van der Waals surface area contributed by atoms with Crippen molar-refractivity contribution in [2.75, 3.05) is 12.0 Å². The average molecular weight is 444 g/mol. The van der Waals surface area contributed by atoms with Gasteiger partial charge in [-0.2, -0.15) is 0 Å². The normalized spacial score (nSPS) is 17.5. The molecule has 1 saturated heterocycles. The monoisotopic (exact) mass is 444 g/mol. The Kier molecular flexibility index (Phi) is 6.13. The number of carbonyl (C=O) groups excluding carboxylic acids is 2. The van der Waals surface area contributed by atoms with E-state index >= 15 is 0 Å². The van der Waals surface area contributed by atoms with Gasteiger partial charge < -0.3 is 14.6 Å². The molecule has 0 bridgehead atoms. The zero-order chi connectivity index (χ0) is 23.5. The van der Waals surface area contributed by atoms with Gasteiger partial charge in [-0.05, 0) is 67.9 Å². The molecule has 7 nitrogen and oxygen atoms in total. The average Bonchev–Trinajstić information content (AvgIpc) is 3.10. The number of carbonyl (C=O) groups is 2. The molecule has 1 atom stereocenters. The van der Waals surface area contributed by atoms with E-state index < -0.39 is 17.7 Å². The van der Waals surface area contributed by atoms with Gasteiger partial charge in [0.25, 0.3) is 5.78 Å². The fourth-order valence-corrected chi connectivity index (χ4v) is 3.81. The van der Waals surface area contributed by atoms with Crippen molar-refractivity contribution in [1.82, 2.24) is 4.98 Å². The summed E-state index contributed by atoms with van der Waals surface area (Å²) < 4.78 is 11.0. The van der Waals surface area contributed by atoms with Gasteiger partial charge in [-0.3, -0.25) is 14.5 Å². The van der Waals surface area contributed by atoms with E-state index in [2.05, 4.69) is 4.98 Å². The van der Waals surface area contributed by atoms with E-state index in [4.69, 9.17) is 9.47 Å². The van der Waals surface area contributed by atoms with Crippen LogP contribution in [-0.2, 0) is 9.59 Å². The van der Waals surface area contributed by atoms with Gasteiger partial charge in [-0.25, -0.2) is 4.98 Å². The molecule has 2 heterocycles. The standard InChI is InChI=1S/C26H24N2O5/c1-16(2)33-19-12-10-17(11-13-19)24(29)22-23(18-7-6-8-20(15-18)32-3)28(26(31)25(22)30)21-9-4-5-14-27-21/h4-16,23,29H,1-3H3/b24-22+. The molecule has 1 aliphatic rings. The van der Waals surface area contributed by atoms with Crippen molar-refractivity contribution in [3.63, 3.8) is 0 Å². The van der Waals surface area contributed by atoms with Crippen molar-refractivity contribution in [2.45, 2.75) is 26.0 Å². The minimum absolute atomic E-state index is 0.00112. The second-order valence-electron chi connectivity index (χ2n) is 7.82. The summed E-state index contributed by atoms with van der Waals surface area (Å²) in [6.07, 6.45) is 1.55. The third kappa shape index (κ3) is 4.30. The number of aromatic nitrogens is 1. The number of amides is 1. The Morgan fingerprint density at radius 3 is 2.39 bits per heavy atom. The maximum atomic E-state index is 13.2. The van der Waals surface area contributed by atoms with E-state index in [9.17, 15) is 14.7 Å². The fourth-order valence-electron chi connectivity index (χ4n) is 3.81. The van der Waals surface area contributed by atoms with E-state index in [1.54, 1.807) is 72.9 Å². The maximum Gasteiger partial charge on any atom is 0.301 e. The van der Waals surface area contributed by atoms with Gasteiger partial charge in [0.1, 0.15) is 23.1 Å². The molecule has 0 saturated carbocycles. The van der Waals surface area contributed by atoms with Crippen molar-refractivity contribution < 1.29 is 24.2 Å². The first-order valence-electron chi connectivity index (χ1n) is 10.5. The molecule has 0 radical (unpaired) electrons. The summed E-state index contributed by atoms with van der Waals surface area (Å²) >= 11 is 0. The number of anilines is 1. The van der Waals surface area contributed by atoms with Crippen LogP contribution in [0.3, 0.4) is 0 Å². The number of ether oxygens (including phenoxy) is 2. The van der Waals surface area contributed by atoms with Gasteiger partial charge in [0.05, 0.1) is 24.8 Å². The van der Waals surface area contributed by atoms with Crippen molar-refractivity contribution in [3.05, 3.63) is 89.6 Å². The number of Topliss-reactive ketones (excluding diaryl/α,β-unsaturated/α-hetero) is 1. The zero-order valence-electron chi connectivity index (χ0n) is 18.6. The van der Waals surface area contributed by atoms with Gasteiger partial charge in [0.2, 0.25) is 0 Å². The summed E-state index contributed by atoms with van der Waals surface area (Å²) in [4.78, 5) is 31.8. The second kappa shape index (κ2) is 9.16. The lowest BCUT2D eigenvalue weighted by atomic mass is 9.95. The number of hydrogen-bond acceptors (Lipinski definition) is 6. The molecule has 4 rings (SSSR count). The van der Waals surface area contributed by atoms with Crippen LogP contribution in [0.2, 0.25) is 0 Å². The Hall–Kier alpha value is -4.13. The quantitative estimate of drug-likeness (QED) is 0.342. The van der Waals surface area contributed by atoms with Gasteiger partial charge in [0.15, 0.2) is 0 Å². The SMILES string of the molecule is COc1cccc(C2/C(=C(\O)c3ccc(OC(C)C)cc3)C(=O)C(=O)N2c2ccccn2)c1. The molecule has 33 heavy (non-hydrogen) atoms. The highest BCUT2D eigenvalue weighted by atomic mass is 16.5. The zero-order valence-corrected chi connectivity index (χ0v) is 18.6. The summed E-state index contributed by atoms with van der Waals surface area (Å²) in [6.45, 7) is 3.84. The summed E-state index contributed by atoms with van der Waals surface area (Å²) in [5.41, 5.74) is 0.995. The van der Waals surface area contributed by atoms with Crippen LogP contribution in [-0.4, -0.2) is 35.0 Å². The lowest BCUT2D eigenvalue weighted by Crippen LogP contribution is -2.30. The van der Waals surface area contributed by atoms with Crippen molar-refractivity contribution in [3.8, 4) is 11.5 Å². The Balaban J connectivity index is 1.87. The predicted molar refractivity (Wildman–Crippen MR) is 124 cm³/mol. The number of benzene rings is 2. The van der Waals surface area contributed by atoms with Crippen LogP contribution in [0.5, 0.6) is 11.5 Å². The molecule has 1 fully saturated rings. The number of pyridine rings is 1. The summed E-state index contributed by atoms with van der Waals surface area (Å²) in [5.74, 6) is -0.298. The van der Waals surface area contributed by atoms with Crippen LogP contribution >= 0.6 is 0 Å². The van der Waals surface area contributed by atoms with E-state index in [1.165, 1.54) is 12.0 Å². The highest BCUT2D eigenvalue weighted by Crippen LogP contribution is 2.42. The van der Waals surface area contributed by atoms with Gasteiger partial charge in [-0.15, -0.1) is 0 Å². The van der Waals surface area contributed by atoms with E-state index in [-0.39, 0.29) is 17.4 Å². The molecule has 7 heteroatoms. The molecule has 0 spiro atoms. The van der Waals surface area contributed by atoms with Crippen LogP contribution in [0.1, 0.15) is 31.0 Å². The Morgan fingerprint density at radius 2 is 1.76 bits per heavy atom. The Bertz CT molecular complexity index is 1200. The van der Waals surface area contributed by atoms with Crippen LogP contribution < -0.4 is 14.4 Å².